The summed E-state index contributed by atoms with van der Waals surface area (Å²) in [6.45, 7) is 2.50. The number of urea groups is 1. The summed E-state index contributed by atoms with van der Waals surface area (Å²) in [6.07, 6.45) is 0. The first-order chi connectivity index (χ1) is 8.81. The van der Waals surface area contributed by atoms with Crippen molar-refractivity contribution in [3.63, 3.8) is 0 Å². The monoisotopic (exact) mass is 240 g/mol. The largest absolute Gasteiger partial charge is 0.338 e. The second-order valence-electron chi connectivity index (χ2n) is 3.90. The van der Waals surface area contributed by atoms with Gasteiger partial charge in [-0.3, -0.25) is 0 Å². The van der Waals surface area contributed by atoms with E-state index >= 15 is 0 Å². The molecule has 0 aliphatic rings. The summed E-state index contributed by atoms with van der Waals surface area (Å²) in [7, 11) is 0. The molecule has 0 bridgehead atoms. The van der Waals surface area contributed by atoms with Crippen LogP contribution in [-0.4, -0.2) is 12.6 Å². The van der Waals surface area contributed by atoms with Crippen molar-refractivity contribution in [2.75, 3.05) is 11.9 Å². The van der Waals surface area contributed by atoms with Gasteiger partial charge >= 0.3 is 6.03 Å². The average molecular weight is 240 g/mol. The molecule has 0 unspecified atom stereocenters. The molecule has 18 heavy (non-hydrogen) atoms. The Labute approximate surface area is 107 Å². The second-order valence-corrected chi connectivity index (χ2v) is 3.90. The highest BCUT2D eigenvalue weighted by Crippen LogP contribution is 2.27. The van der Waals surface area contributed by atoms with Gasteiger partial charge in [0, 0.05) is 12.1 Å². The van der Waals surface area contributed by atoms with Crippen LogP contribution in [0.1, 0.15) is 6.92 Å². The van der Waals surface area contributed by atoms with Crippen molar-refractivity contribution >= 4 is 11.7 Å². The molecule has 0 saturated heterocycles. The van der Waals surface area contributed by atoms with Gasteiger partial charge in [-0.25, -0.2) is 4.79 Å². The van der Waals surface area contributed by atoms with Crippen molar-refractivity contribution in [3.05, 3.63) is 54.6 Å². The molecule has 0 fully saturated rings. The Hall–Kier alpha value is -2.29. The van der Waals surface area contributed by atoms with E-state index < -0.39 is 0 Å². The Bertz CT molecular complexity index is 523. The second kappa shape index (κ2) is 5.87. The minimum atomic E-state index is -0.180. The maximum absolute atomic E-state index is 11.6. The number of nitrogens with one attached hydrogen (secondary N) is 2. The molecule has 0 atom stereocenters. The van der Waals surface area contributed by atoms with Crippen molar-refractivity contribution < 1.29 is 4.79 Å². The highest BCUT2D eigenvalue weighted by molar-refractivity contribution is 5.94. The maximum Gasteiger partial charge on any atom is 0.319 e. The third-order valence-corrected chi connectivity index (χ3v) is 2.60. The summed E-state index contributed by atoms with van der Waals surface area (Å²) in [5, 5.41) is 5.58. The van der Waals surface area contributed by atoms with Gasteiger partial charge < -0.3 is 10.6 Å². The normalized spacial score (nSPS) is 9.83. The summed E-state index contributed by atoms with van der Waals surface area (Å²) in [5.74, 6) is 0. The number of amides is 2. The van der Waals surface area contributed by atoms with Crippen LogP contribution >= 0.6 is 0 Å². The first-order valence-electron chi connectivity index (χ1n) is 6.00. The lowest BCUT2D eigenvalue weighted by Gasteiger charge is -2.11. The molecule has 0 aliphatic heterocycles. The van der Waals surface area contributed by atoms with Crippen LogP contribution in [0.5, 0.6) is 0 Å². The lowest BCUT2D eigenvalue weighted by Crippen LogP contribution is -2.28. The fraction of sp³-hybridized carbons (Fsp3) is 0.133. The van der Waals surface area contributed by atoms with E-state index in [2.05, 4.69) is 10.6 Å². The average Bonchev–Trinajstić information content (AvgIpc) is 2.40. The Morgan fingerprint density at radius 3 is 2.39 bits per heavy atom. The molecular formula is C15H16N2O. The van der Waals surface area contributed by atoms with Crippen LogP contribution in [0.4, 0.5) is 10.5 Å². The number of carbonyl (C=O) groups excluding carboxylic acids is 1. The van der Waals surface area contributed by atoms with Crippen LogP contribution in [0.2, 0.25) is 0 Å². The predicted molar refractivity (Wildman–Crippen MR) is 74.6 cm³/mol. The predicted octanol–water partition coefficient (Wildman–Crippen LogP) is 3.50. The molecule has 3 heteroatoms. The summed E-state index contributed by atoms with van der Waals surface area (Å²) in [6, 6.07) is 17.6. The number of carbonyl (C=O) groups is 1. The molecule has 2 rings (SSSR count). The quantitative estimate of drug-likeness (QED) is 0.847. The lowest BCUT2D eigenvalue weighted by molar-refractivity contribution is 0.252. The van der Waals surface area contributed by atoms with Gasteiger partial charge in [0.05, 0.1) is 5.69 Å². The van der Waals surface area contributed by atoms with E-state index in [4.69, 9.17) is 0 Å². The molecule has 2 N–H and O–H groups in total. The number of para-hydroxylation sites is 1. The van der Waals surface area contributed by atoms with Gasteiger partial charge in [-0.05, 0) is 18.6 Å². The molecule has 0 heterocycles. The zero-order chi connectivity index (χ0) is 12.8. The Morgan fingerprint density at radius 2 is 1.67 bits per heavy atom. The highest BCUT2D eigenvalue weighted by Gasteiger charge is 2.06. The van der Waals surface area contributed by atoms with Gasteiger partial charge in [0.2, 0.25) is 0 Å². The van der Waals surface area contributed by atoms with E-state index in [1.807, 2.05) is 61.5 Å². The van der Waals surface area contributed by atoms with Gasteiger partial charge in [-0.15, -0.1) is 0 Å². The van der Waals surface area contributed by atoms with Crippen molar-refractivity contribution in [3.8, 4) is 11.1 Å². The summed E-state index contributed by atoms with van der Waals surface area (Å²) < 4.78 is 0. The molecule has 3 nitrogen and oxygen atoms in total. The van der Waals surface area contributed by atoms with Crippen molar-refractivity contribution in [2.45, 2.75) is 6.92 Å². The van der Waals surface area contributed by atoms with E-state index in [0.29, 0.717) is 6.54 Å². The van der Waals surface area contributed by atoms with Gasteiger partial charge in [0.25, 0.3) is 0 Å². The van der Waals surface area contributed by atoms with Gasteiger partial charge in [0.1, 0.15) is 0 Å². The van der Waals surface area contributed by atoms with Crippen LogP contribution < -0.4 is 10.6 Å². The first kappa shape index (κ1) is 12.2. The summed E-state index contributed by atoms with van der Waals surface area (Å²) in [5.41, 5.74) is 2.92. The molecule has 0 saturated carbocycles. The van der Waals surface area contributed by atoms with E-state index in [-0.39, 0.29) is 6.03 Å². The summed E-state index contributed by atoms with van der Waals surface area (Å²) >= 11 is 0. The topological polar surface area (TPSA) is 41.1 Å². The smallest absolute Gasteiger partial charge is 0.319 e. The zero-order valence-corrected chi connectivity index (χ0v) is 10.3. The van der Waals surface area contributed by atoms with E-state index in [9.17, 15) is 4.79 Å². The lowest BCUT2D eigenvalue weighted by atomic mass is 10.0. The number of hydrogen-bond acceptors (Lipinski definition) is 1. The third kappa shape index (κ3) is 2.88. The Kier molecular flexibility index (Phi) is 3.97. The number of hydrogen-bond donors (Lipinski definition) is 2. The highest BCUT2D eigenvalue weighted by atomic mass is 16.2. The molecule has 0 aliphatic carbocycles. The van der Waals surface area contributed by atoms with Crippen LogP contribution in [0, 0.1) is 0 Å². The number of rotatable bonds is 3. The molecule has 0 aromatic heterocycles. The molecular weight excluding hydrogens is 224 g/mol. The fourth-order valence-electron chi connectivity index (χ4n) is 1.79. The molecule has 2 amide bonds. The molecule has 2 aromatic carbocycles. The standard InChI is InChI=1S/C15H16N2O/c1-2-16-15(18)17-14-11-7-6-10-13(14)12-8-4-3-5-9-12/h3-11H,2H2,1H3,(H2,16,17,18). The minimum absolute atomic E-state index is 0.180. The Balaban J connectivity index is 2.29. The number of anilines is 1. The molecule has 2 aromatic rings. The van der Waals surface area contributed by atoms with Gasteiger partial charge in [-0.2, -0.15) is 0 Å². The van der Waals surface area contributed by atoms with Crippen molar-refractivity contribution in [1.29, 1.82) is 0 Å². The fourth-order valence-corrected chi connectivity index (χ4v) is 1.79. The minimum Gasteiger partial charge on any atom is -0.338 e. The van der Waals surface area contributed by atoms with Crippen molar-refractivity contribution in [1.82, 2.24) is 5.32 Å². The van der Waals surface area contributed by atoms with E-state index in [0.717, 1.165) is 16.8 Å². The number of benzene rings is 2. The SMILES string of the molecule is CCNC(=O)Nc1ccccc1-c1ccccc1. The molecule has 0 spiro atoms. The Morgan fingerprint density at radius 1 is 1.00 bits per heavy atom. The summed E-state index contributed by atoms with van der Waals surface area (Å²) in [4.78, 5) is 11.6. The van der Waals surface area contributed by atoms with Crippen LogP contribution in [0.3, 0.4) is 0 Å². The van der Waals surface area contributed by atoms with Crippen LogP contribution in [0.15, 0.2) is 54.6 Å². The van der Waals surface area contributed by atoms with Crippen molar-refractivity contribution in [2.24, 2.45) is 0 Å². The van der Waals surface area contributed by atoms with Crippen LogP contribution in [0.25, 0.3) is 11.1 Å². The third-order valence-electron chi connectivity index (χ3n) is 2.60. The van der Waals surface area contributed by atoms with Gasteiger partial charge in [-0.1, -0.05) is 48.5 Å². The van der Waals surface area contributed by atoms with E-state index in [1.165, 1.54) is 0 Å². The molecule has 0 radical (unpaired) electrons. The van der Waals surface area contributed by atoms with Crippen LogP contribution in [-0.2, 0) is 0 Å². The molecule has 92 valence electrons. The first-order valence-corrected chi connectivity index (χ1v) is 6.00. The van der Waals surface area contributed by atoms with Gasteiger partial charge in [0.15, 0.2) is 0 Å². The zero-order valence-electron chi connectivity index (χ0n) is 10.3. The van der Waals surface area contributed by atoms with E-state index in [1.54, 1.807) is 0 Å². The maximum atomic E-state index is 11.6.